The van der Waals surface area contributed by atoms with E-state index in [2.05, 4.69) is 39.1 Å². The summed E-state index contributed by atoms with van der Waals surface area (Å²) in [5.41, 5.74) is 2.21. The van der Waals surface area contributed by atoms with E-state index in [4.69, 9.17) is 0 Å². The minimum absolute atomic E-state index is 0.462. The van der Waals surface area contributed by atoms with Gasteiger partial charge in [0.25, 0.3) is 0 Å². The maximum Gasteiger partial charge on any atom is 0.196 e. The van der Waals surface area contributed by atoms with Gasteiger partial charge in [-0.05, 0) is 36.2 Å². The Balaban J connectivity index is 2.09. The average Bonchev–Trinajstić information content (AvgIpc) is 2.98. The van der Waals surface area contributed by atoms with Crippen LogP contribution in [-0.4, -0.2) is 32.8 Å². The van der Waals surface area contributed by atoms with Gasteiger partial charge in [0, 0.05) is 35.1 Å². The van der Waals surface area contributed by atoms with Crippen molar-refractivity contribution in [3.63, 3.8) is 0 Å². The Kier molecular flexibility index (Phi) is 5.33. The predicted octanol–water partition coefficient (Wildman–Crippen LogP) is 3.95. The van der Waals surface area contributed by atoms with Crippen molar-refractivity contribution in [3.8, 4) is 0 Å². The van der Waals surface area contributed by atoms with Crippen LogP contribution >= 0.6 is 11.8 Å². The molecule has 0 aliphatic rings. The number of carbonyl (C=O) groups excluding carboxylic acids is 1. The third-order valence-electron chi connectivity index (χ3n) is 3.74. The lowest BCUT2D eigenvalue weighted by atomic mass is 10.1. The van der Waals surface area contributed by atoms with Gasteiger partial charge in [-0.15, -0.1) is 0 Å². The first-order valence-corrected chi connectivity index (χ1v) is 9.13. The molecule has 3 aromatic rings. The second-order valence-electron chi connectivity index (χ2n) is 6.13. The Morgan fingerprint density at radius 3 is 2.84 bits per heavy atom. The molecule has 0 aromatic carbocycles. The monoisotopic (exact) mass is 355 g/mol. The van der Waals surface area contributed by atoms with Crippen molar-refractivity contribution in [2.75, 3.05) is 11.9 Å². The summed E-state index contributed by atoms with van der Waals surface area (Å²) < 4.78 is 0. The van der Waals surface area contributed by atoms with Crippen molar-refractivity contribution in [2.24, 2.45) is 5.92 Å². The lowest BCUT2D eigenvalue weighted by Crippen LogP contribution is -2.10. The number of anilines is 1. The molecule has 0 amide bonds. The number of pyridine rings is 1. The molecule has 2 N–H and O–H groups in total. The number of rotatable bonds is 7. The Labute approximate surface area is 150 Å². The summed E-state index contributed by atoms with van der Waals surface area (Å²) in [6, 6.07) is 3.85. The lowest BCUT2D eigenvalue weighted by Gasteiger charge is -2.11. The van der Waals surface area contributed by atoms with E-state index < -0.39 is 0 Å². The molecule has 0 bridgehead atoms. The Morgan fingerprint density at radius 2 is 2.20 bits per heavy atom. The van der Waals surface area contributed by atoms with Crippen molar-refractivity contribution in [1.82, 2.24) is 19.9 Å². The SMILES string of the molecule is CCc1[nH]c2nc(Sc3cccnc3)nc(NCC(C)C)c2c1C=O. The Morgan fingerprint density at radius 1 is 1.36 bits per heavy atom. The van der Waals surface area contributed by atoms with Gasteiger partial charge in [-0.1, -0.05) is 20.8 Å². The molecule has 3 aromatic heterocycles. The van der Waals surface area contributed by atoms with Crippen molar-refractivity contribution in [2.45, 2.75) is 37.2 Å². The molecule has 0 unspecified atom stereocenters. The second kappa shape index (κ2) is 7.65. The molecule has 7 heteroatoms. The fraction of sp³-hybridized carbons (Fsp3) is 0.333. The third-order valence-corrected chi connectivity index (χ3v) is 4.59. The van der Waals surface area contributed by atoms with Crippen molar-refractivity contribution in [3.05, 3.63) is 35.8 Å². The van der Waals surface area contributed by atoms with E-state index in [1.165, 1.54) is 11.8 Å². The fourth-order valence-electron chi connectivity index (χ4n) is 2.54. The smallest absolute Gasteiger partial charge is 0.196 e. The molecule has 0 saturated heterocycles. The van der Waals surface area contributed by atoms with Crippen molar-refractivity contribution in [1.29, 1.82) is 0 Å². The molecule has 0 fully saturated rings. The van der Waals surface area contributed by atoms with E-state index in [-0.39, 0.29) is 0 Å². The molecule has 0 spiro atoms. The summed E-state index contributed by atoms with van der Waals surface area (Å²) >= 11 is 1.45. The van der Waals surface area contributed by atoms with E-state index in [1.807, 2.05) is 19.1 Å². The molecular formula is C18H21N5OS. The first kappa shape index (κ1) is 17.4. The van der Waals surface area contributed by atoms with E-state index in [0.717, 1.165) is 35.2 Å². The zero-order valence-electron chi connectivity index (χ0n) is 14.5. The van der Waals surface area contributed by atoms with Crippen LogP contribution in [0, 0.1) is 5.92 Å². The van der Waals surface area contributed by atoms with E-state index in [1.54, 1.807) is 12.4 Å². The summed E-state index contributed by atoms with van der Waals surface area (Å²) in [6.45, 7) is 7.05. The highest BCUT2D eigenvalue weighted by atomic mass is 32.2. The van der Waals surface area contributed by atoms with Gasteiger partial charge < -0.3 is 10.3 Å². The van der Waals surface area contributed by atoms with E-state index in [9.17, 15) is 4.79 Å². The highest BCUT2D eigenvalue weighted by molar-refractivity contribution is 7.99. The zero-order chi connectivity index (χ0) is 17.8. The van der Waals surface area contributed by atoms with Crippen molar-refractivity contribution < 1.29 is 4.79 Å². The Hall–Kier alpha value is -2.41. The number of carbonyl (C=O) groups is 1. The Bertz CT molecular complexity index is 876. The summed E-state index contributed by atoms with van der Waals surface area (Å²) in [7, 11) is 0. The molecular weight excluding hydrogens is 334 g/mol. The summed E-state index contributed by atoms with van der Waals surface area (Å²) in [6.07, 6.45) is 5.13. The van der Waals surface area contributed by atoms with Crippen LogP contribution in [0.4, 0.5) is 5.82 Å². The first-order chi connectivity index (χ1) is 12.1. The van der Waals surface area contributed by atoms with Gasteiger partial charge >= 0.3 is 0 Å². The van der Waals surface area contributed by atoms with E-state index in [0.29, 0.717) is 28.1 Å². The van der Waals surface area contributed by atoms with Crippen LogP contribution in [0.15, 0.2) is 34.6 Å². The summed E-state index contributed by atoms with van der Waals surface area (Å²) in [5.74, 6) is 1.16. The van der Waals surface area contributed by atoms with Gasteiger partial charge in [0.1, 0.15) is 11.5 Å². The number of H-pyrrole nitrogens is 1. The van der Waals surface area contributed by atoms with Gasteiger partial charge in [-0.2, -0.15) is 0 Å². The molecule has 0 atom stereocenters. The van der Waals surface area contributed by atoms with Crippen molar-refractivity contribution >= 4 is 34.9 Å². The van der Waals surface area contributed by atoms with Crippen LogP contribution in [0.2, 0.25) is 0 Å². The molecule has 25 heavy (non-hydrogen) atoms. The standard InChI is InChI=1S/C18H21N5OS/c1-4-14-13(10-24)15-16(20-8-11(2)3)22-18(23-17(15)21-14)25-12-6-5-7-19-9-12/h5-7,9-11H,4,8H2,1-3H3,(H2,20,21,22,23). The molecule has 3 heterocycles. The molecule has 0 aliphatic heterocycles. The molecule has 0 saturated carbocycles. The fourth-order valence-corrected chi connectivity index (χ4v) is 3.29. The largest absolute Gasteiger partial charge is 0.369 e. The van der Waals surface area contributed by atoms with Crippen LogP contribution < -0.4 is 5.32 Å². The third kappa shape index (κ3) is 3.82. The van der Waals surface area contributed by atoms with Gasteiger partial charge in [0.15, 0.2) is 11.4 Å². The van der Waals surface area contributed by atoms with Gasteiger partial charge in [0.05, 0.1) is 5.39 Å². The van der Waals surface area contributed by atoms with Crippen LogP contribution in [0.1, 0.15) is 36.8 Å². The maximum atomic E-state index is 11.6. The number of nitrogens with one attached hydrogen (secondary N) is 2. The first-order valence-electron chi connectivity index (χ1n) is 8.31. The van der Waals surface area contributed by atoms with Gasteiger partial charge in [-0.3, -0.25) is 9.78 Å². The summed E-state index contributed by atoms with van der Waals surface area (Å²) in [4.78, 5) is 29.2. The van der Waals surface area contributed by atoms with E-state index >= 15 is 0 Å². The van der Waals surface area contributed by atoms with Crippen LogP contribution in [-0.2, 0) is 6.42 Å². The number of aldehydes is 1. The second-order valence-corrected chi connectivity index (χ2v) is 7.17. The zero-order valence-corrected chi connectivity index (χ0v) is 15.4. The van der Waals surface area contributed by atoms with Crippen LogP contribution in [0.5, 0.6) is 0 Å². The lowest BCUT2D eigenvalue weighted by molar-refractivity contribution is 0.112. The highest BCUT2D eigenvalue weighted by Crippen LogP contribution is 2.31. The molecule has 6 nitrogen and oxygen atoms in total. The molecule has 130 valence electrons. The number of aromatic nitrogens is 4. The summed E-state index contributed by atoms with van der Waals surface area (Å²) in [5, 5.41) is 4.75. The maximum absolute atomic E-state index is 11.6. The topological polar surface area (TPSA) is 83.6 Å². The van der Waals surface area contributed by atoms with Crippen LogP contribution in [0.25, 0.3) is 11.0 Å². The van der Waals surface area contributed by atoms with Gasteiger partial charge in [0.2, 0.25) is 0 Å². The minimum atomic E-state index is 0.462. The van der Waals surface area contributed by atoms with Crippen LogP contribution in [0.3, 0.4) is 0 Å². The number of nitrogens with zero attached hydrogens (tertiary/aromatic N) is 3. The average molecular weight is 355 g/mol. The van der Waals surface area contributed by atoms with Gasteiger partial charge in [-0.25, -0.2) is 9.97 Å². The highest BCUT2D eigenvalue weighted by Gasteiger charge is 2.18. The quantitative estimate of drug-likeness (QED) is 0.493. The number of aromatic amines is 1. The number of hydrogen-bond acceptors (Lipinski definition) is 6. The molecule has 0 radical (unpaired) electrons. The minimum Gasteiger partial charge on any atom is -0.369 e. The number of aryl methyl sites for hydroxylation is 1. The molecule has 0 aliphatic carbocycles. The number of fused-ring (bicyclic) bond motifs is 1. The molecule has 3 rings (SSSR count). The number of hydrogen-bond donors (Lipinski definition) is 2. The normalized spacial score (nSPS) is 11.2. The predicted molar refractivity (Wildman–Crippen MR) is 100 cm³/mol.